The van der Waals surface area contributed by atoms with Crippen molar-refractivity contribution in [3.8, 4) is 0 Å². The molecule has 11 heavy (non-hydrogen) atoms. The summed E-state index contributed by atoms with van der Waals surface area (Å²) in [6.07, 6.45) is 0. The molecule has 0 bridgehead atoms. The van der Waals surface area contributed by atoms with E-state index in [1.165, 1.54) is 0 Å². The Bertz CT molecular complexity index is 168. The van der Waals surface area contributed by atoms with Crippen LogP contribution in [-0.4, -0.2) is 25.8 Å². The minimum Gasteiger partial charge on any atom is -0.466 e. The van der Waals surface area contributed by atoms with E-state index in [1.54, 1.807) is 0 Å². The molecule has 1 saturated heterocycles. The van der Waals surface area contributed by atoms with Crippen molar-refractivity contribution in [3.63, 3.8) is 0 Å². The van der Waals surface area contributed by atoms with Crippen LogP contribution < -0.4 is 0 Å². The summed E-state index contributed by atoms with van der Waals surface area (Å²) in [5.41, 5.74) is 0. The van der Waals surface area contributed by atoms with Crippen LogP contribution in [0.4, 0.5) is 0 Å². The Morgan fingerprint density at radius 3 is 2.73 bits per heavy atom. The first-order valence-corrected chi connectivity index (χ1v) is 4.09. The maximum atomic E-state index is 11.1. The van der Waals surface area contributed by atoms with E-state index in [0.717, 1.165) is 13.2 Å². The Labute approximate surface area is 65.7 Å². The van der Waals surface area contributed by atoms with Gasteiger partial charge in [-0.1, -0.05) is 0 Å². The Morgan fingerprint density at radius 2 is 2.18 bits per heavy atom. The molecule has 3 atom stereocenters. The minimum atomic E-state index is -0.0224. The fraction of sp³-hybridized carbons (Fsp3) is 0.875. The third-order valence-electron chi connectivity index (χ3n) is 2.51. The van der Waals surface area contributed by atoms with Gasteiger partial charge in [0.2, 0.25) is 0 Å². The normalized spacial score (nSPS) is 39.9. The minimum absolute atomic E-state index is 0.0224. The molecule has 0 radical (unpaired) electrons. The highest BCUT2D eigenvalue weighted by Gasteiger charge is 2.58. The third kappa shape index (κ3) is 1.03. The van der Waals surface area contributed by atoms with Crippen molar-refractivity contribution in [2.75, 3.05) is 19.8 Å². The zero-order valence-electron chi connectivity index (χ0n) is 6.58. The average Bonchev–Trinajstić information content (AvgIpc) is 2.47. The molecule has 3 heteroatoms. The van der Waals surface area contributed by atoms with E-state index >= 15 is 0 Å². The van der Waals surface area contributed by atoms with Gasteiger partial charge in [0.05, 0.1) is 25.7 Å². The second kappa shape index (κ2) is 2.48. The summed E-state index contributed by atoms with van der Waals surface area (Å²) >= 11 is 0. The van der Waals surface area contributed by atoms with E-state index in [4.69, 9.17) is 9.47 Å². The molecular weight excluding hydrogens is 144 g/mol. The van der Waals surface area contributed by atoms with Crippen molar-refractivity contribution in [1.29, 1.82) is 0 Å². The summed E-state index contributed by atoms with van der Waals surface area (Å²) in [7, 11) is 0. The Hall–Kier alpha value is -0.570. The van der Waals surface area contributed by atoms with Crippen molar-refractivity contribution >= 4 is 5.97 Å². The van der Waals surface area contributed by atoms with E-state index in [2.05, 4.69) is 0 Å². The first kappa shape index (κ1) is 7.10. The zero-order chi connectivity index (χ0) is 7.84. The van der Waals surface area contributed by atoms with Gasteiger partial charge < -0.3 is 9.47 Å². The number of fused-ring (bicyclic) bond motifs is 1. The Balaban J connectivity index is 1.85. The van der Waals surface area contributed by atoms with Crippen LogP contribution in [-0.2, 0) is 14.3 Å². The van der Waals surface area contributed by atoms with E-state index in [9.17, 15) is 4.79 Å². The first-order valence-electron chi connectivity index (χ1n) is 4.09. The Kier molecular flexibility index (Phi) is 1.60. The lowest BCUT2D eigenvalue weighted by Crippen LogP contribution is -2.12. The monoisotopic (exact) mass is 156 g/mol. The molecule has 0 amide bonds. The maximum Gasteiger partial charge on any atom is 0.309 e. The largest absolute Gasteiger partial charge is 0.466 e. The standard InChI is InChI=1S/C8H12O3/c1-2-11-8(9)7-5-3-10-4-6(5)7/h5-7H,2-4H2,1H3/t5-,6+,7?. The lowest BCUT2D eigenvalue weighted by atomic mass is 10.3. The summed E-state index contributed by atoms with van der Waals surface area (Å²) in [5.74, 6) is 1.11. The lowest BCUT2D eigenvalue weighted by molar-refractivity contribution is -0.146. The summed E-state index contributed by atoms with van der Waals surface area (Å²) < 4.78 is 10.1. The SMILES string of the molecule is CCOC(=O)C1[C@H]2COC[C@@H]12. The lowest BCUT2D eigenvalue weighted by Gasteiger charge is -2.02. The molecule has 3 nitrogen and oxygen atoms in total. The highest BCUT2D eigenvalue weighted by Crippen LogP contribution is 2.51. The van der Waals surface area contributed by atoms with E-state index < -0.39 is 0 Å². The molecule has 0 spiro atoms. The smallest absolute Gasteiger partial charge is 0.309 e. The van der Waals surface area contributed by atoms with Crippen molar-refractivity contribution in [3.05, 3.63) is 0 Å². The fourth-order valence-corrected chi connectivity index (χ4v) is 1.83. The number of esters is 1. The molecule has 0 aromatic heterocycles. The van der Waals surface area contributed by atoms with Gasteiger partial charge in [0.15, 0.2) is 0 Å². The van der Waals surface area contributed by atoms with Gasteiger partial charge in [0.1, 0.15) is 0 Å². The molecule has 0 aromatic rings. The molecule has 1 heterocycles. The number of carbonyl (C=O) groups is 1. The fourth-order valence-electron chi connectivity index (χ4n) is 1.83. The van der Waals surface area contributed by atoms with Gasteiger partial charge in [-0.3, -0.25) is 4.79 Å². The van der Waals surface area contributed by atoms with E-state index in [1.807, 2.05) is 6.92 Å². The van der Waals surface area contributed by atoms with Gasteiger partial charge in [-0.05, 0) is 6.92 Å². The highest BCUT2D eigenvalue weighted by molar-refractivity contribution is 5.76. The highest BCUT2D eigenvalue weighted by atomic mass is 16.5. The second-order valence-electron chi connectivity index (χ2n) is 3.14. The molecule has 2 rings (SSSR count). The average molecular weight is 156 g/mol. The quantitative estimate of drug-likeness (QED) is 0.544. The molecule has 1 unspecified atom stereocenters. The van der Waals surface area contributed by atoms with Crippen LogP contribution in [0.2, 0.25) is 0 Å². The van der Waals surface area contributed by atoms with Gasteiger partial charge in [0.25, 0.3) is 0 Å². The van der Waals surface area contributed by atoms with Gasteiger partial charge in [-0.25, -0.2) is 0 Å². The molecular formula is C8H12O3. The van der Waals surface area contributed by atoms with Crippen molar-refractivity contribution in [2.24, 2.45) is 17.8 Å². The van der Waals surface area contributed by atoms with Gasteiger partial charge >= 0.3 is 5.97 Å². The molecule has 1 aliphatic carbocycles. The summed E-state index contributed by atoms with van der Waals surface area (Å²) in [5, 5.41) is 0. The predicted octanol–water partition coefficient (Wildman–Crippen LogP) is 0.442. The number of carbonyl (C=O) groups excluding carboxylic acids is 1. The van der Waals surface area contributed by atoms with Crippen LogP contribution in [0.15, 0.2) is 0 Å². The molecule has 0 aromatic carbocycles. The summed E-state index contributed by atoms with van der Waals surface area (Å²) in [4.78, 5) is 11.1. The van der Waals surface area contributed by atoms with Crippen LogP contribution in [0.5, 0.6) is 0 Å². The molecule has 1 aliphatic heterocycles. The molecule has 2 aliphatic rings. The van der Waals surface area contributed by atoms with Crippen molar-refractivity contribution < 1.29 is 14.3 Å². The predicted molar refractivity (Wildman–Crippen MR) is 37.9 cm³/mol. The van der Waals surface area contributed by atoms with E-state index in [0.29, 0.717) is 18.4 Å². The number of hydrogen-bond acceptors (Lipinski definition) is 3. The third-order valence-corrected chi connectivity index (χ3v) is 2.51. The number of rotatable bonds is 2. The van der Waals surface area contributed by atoms with Crippen molar-refractivity contribution in [1.82, 2.24) is 0 Å². The van der Waals surface area contributed by atoms with E-state index in [-0.39, 0.29) is 11.9 Å². The van der Waals surface area contributed by atoms with Crippen LogP contribution in [0.25, 0.3) is 0 Å². The topological polar surface area (TPSA) is 35.5 Å². The van der Waals surface area contributed by atoms with Gasteiger partial charge in [0, 0.05) is 11.8 Å². The molecule has 2 fully saturated rings. The number of ether oxygens (including phenoxy) is 2. The van der Waals surface area contributed by atoms with Gasteiger partial charge in [-0.2, -0.15) is 0 Å². The van der Waals surface area contributed by atoms with Crippen molar-refractivity contribution in [2.45, 2.75) is 6.92 Å². The first-order chi connectivity index (χ1) is 5.34. The Morgan fingerprint density at radius 1 is 1.55 bits per heavy atom. The summed E-state index contributed by atoms with van der Waals surface area (Å²) in [6.45, 7) is 3.85. The van der Waals surface area contributed by atoms with Crippen LogP contribution in [0.3, 0.4) is 0 Å². The second-order valence-corrected chi connectivity index (χ2v) is 3.14. The molecule has 0 N–H and O–H groups in total. The van der Waals surface area contributed by atoms with Crippen LogP contribution in [0, 0.1) is 17.8 Å². The molecule has 1 saturated carbocycles. The molecule has 62 valence electrons. The maximum absolute atomic E-state index is 11.1. The van der Waals surface area contributed by atoms with Gasteiger partial charge in [-0.15, -0.1) is 0 Å². The van der Waals surface area contributed by atoms with Crippen LogP contribution >= 0.6 is 0 Å². The van der Waals surface area contributed by atoms with Crippen LogP contribution in [0.1, 0.15) is 6.92 Å². The zero-order valence-corrected chi connectivity index (χ0v) is 6.58. The summed E-state index contributed by atoms with van der Waals surface area (Å²) in [6, 6.07) is 0. The number of hydrogen-bond donors (Lipinski definition) is 0.